The van der Waals surface area contributed by atoms with Crippen LogP contribution < -0.4 is 5.32 Å². The topological polar surface area (TPSA) is 49.3 Å². The summed E-state index contributed by atoms with van der Waals surface area (Å²) < 4.78 is 0. The molecule has 0 bridgehead atoms. The van der Waals surface area contributed by atoms with Crippen molar-refractivity contribution in [1.82, 2.24) is 5.32 Å². The largest absolute Gasteiger partial charge is 0.393 e. The summed E-state index contributed by atoms with van der Waals surface area (Å²) >= 11 is 1.69. The van der Waals surface area contributed by atoms with Gasteiger partial charge in [0, 0.05) is 23.8 Å². The van der Waals surface area contributed by atoms with Crippen LogP contribution in [0.4, 0.5) is 0 Å². The van der Waals surface area contributed by atoms with Gasteiger partial charge in [-0.2, -0.15) is 0 Å². The van der Waals surface area contributed by atoms with E-state index >= 15 is 0 Å². The zero-order valence-electron chi connectivity index (χ0n) is 10.6. The van der Waals surface area contributed by atoms with Crippen LogP contribution in [0.15, 0.2) is 17.5 Å². The third-order valence-corrected chi connectivity index (χ3v) is 4.55. The summed E-state index contributed by atoms with van der Waals surface area (Å²) in [4.78, 5) is 13.0. The molecular formula is C14H21NO2S. The number of carbonyl (C=O) groups excluding carboxylic acids is 1. The normalized spacial score (nSPS) is 23.8. The SMILES string of the molecule is O=C(CCc1cccs1)NC[C@H]1CCCC[C@@H]1O. The summed E-state index contributed by atoms with van der Waals surface area (Å²) in [5.41, 5.74) is 0. The van der Waals surface area contributed by atoms with Crippen LogP contribution in [0, 0.1) is 5.92 Å². The lowest BCUT2D eigenvalue weighted by Crippen LogP contribution is -2.36. The molecule has 0 spiro atoms. The predicted molar refractivity (Wildman–Crippen MR) is 73.6 cm³/mol. The predicted octanol–water partition coefficient (Wildman–Crippen LogP) is 2.35. The van der Waals surface area contributed by atoms with Crippen molar-refractivity contribution in [2.24, 2.45) is 5.92 Å². The van der Waals surface area contributed by atoms with Crippen molar-refractivity contribution in [1.29, 1.82) is 0 Å². The molecule has 2 atom stereocenters. The monoisotopic (exact) mass is 267 g/mol. The Labute approximate surface area is 112 Å². The molecule has 1 saturated carbocycles. The van der Waals surface area contributed by atoms with Gasteiger partial charge in [0.05, 0.1) is 6.10 Å². The van der Waals surface area contributed by atoms with E-state index in [1.165, 1.54) is 11.3 Å². The van der Waals surface area contributed by atoms with E-state index in [0.717, 1.165) is 25.7 Å². The minimum Gasteiger partial charge on any atom is -0.393 e. The van der Waals surface area contributed by atoms with Crippen molar-refractivity contribution in [2.45, 2.75) is 44.6 Å². The van der Waals surface area contributed by atoms with Crippen molar-refractivity contribution in [2.75, 3.05) is 6.54 Å². The van der Waals surface area contributed by atoms with Gasteiger partial charge in [-0.25, -0.2) is 0 Å². The molecule has 2 rings (SSSR count). The number of hydrogen-bond donors (Lipinski definition) is 2. The third-order valence-electron chi connectivity index (χ3n) is 3.61. The molecule has 100 valence electrons. The highest BCUT2D eigenvalue weighted by Gasteiger charge is 2.23. The molecule has 0 unspecified atom stereocenters. The number of thiophene rings is 1. The summed E-state index contributed by atoms with van der Waals surface area (Å²) in [6.45, 7) is 0.629. The lowest BCUT2D eigenvalue weighted by Gasteiger charge is -2.27. The summed E-state index contributed by atoms with van der Waals surface area (Å²) in [6, 6.07) is 4.07. The Bertz CT molecular complexity index is 364. The third kappa shape index (κ3) is 4.10. The Morgan fingerprint density at radius 3 is 3.00 bits per heavy atom. The number of nitrogens with one attached hydrogen (secondary N) is 1. The van der Waals surface area contributed by atoms with Gasteiger partial charge >= 0.3 is 0 Å². The van der Waals surface area contributed by atoms with E-state index in [2.05, 4.69) is 11.4 Å². The van der Waals surface area contributed by atoms with E-state index in [9.17, 15) is 9.90 Å². The maximum absolute atomic E-state index is 11.7. The molecule has 4 heteroatoms. The zero-order chi connectivity index (χ0) is 12.8. The van der Waals surface area contributed by atoms with Crippen LogP contribution in [0.5, 0.6) is 0 Å². The molecule has 1 heterocycles. The molecular weight excluding hydrogens is 246 g/mol. The standard InChI is InChI=1S/C14H21NO2S/c16-13-6-2-1-4-11(13)10-15-14(17)8-7-12-5-3-9-18-12/h3,5,9,11,13,16H,1-2,4,6-8,10H2,(H,15,17)/t11-,13+/m1/s1. The summed E-state index contributed by atoms with van der Waals surface area (Å²) in [6.07, 6.45) is 5.34. The van der Waals surface area contributed by atoms with Crippen molar-refractivity contribution >= 4 is 17.2 Å². The average Bonchev–Trinajstić information content (AvgIpc) is 2.88. The molecule has 0 radical (unpaired) electrons. The van der Waals surface area contributed by atoms with Crippen LogP contribution in [-0.2, 0) is 11.2 Å². The van der Waals surface area contributed by atoms with Gasteiger partial charge in [0.15, 0.2) is 0 Å². The minimum atomic E-state index is -0.226. The Hall–Kier alpha value is -0.870. The summed E-state index contributed by atoms with van der Waals surface area (Å²) in [7, 11) is 0. The lowest BCUT2D eigenvalue weighted by molar-refractivity contribution is -0.121. The van der Waals surface area contributed by atoms with E-state index in [1.54, 1.807) is 11.3 Å². The fourth-order valence-electron chi connectivity index (χ4n) is 2.45. The highest BCUT2D eigenvalue weighted by Crippen LogP contribution is 2.23. The Morgan fingerprint density at radius 2 is 2.28 bits per heavy atom. The van der Waals surface area contributed by atoms with E-state index in [0.29, 0.717) is 13.0 Å². The van der Waals surface area contributed by atoms with Crippen molar-refractivity contribution in [3.63, 3.8) is 0 Å². The molecule has 1 aromatic rings. The molecule has 1 aromatic heterocycles. The van der Waals surface area contributed by atoms with Gasteiger partial charge in [0.25, 0.3) is 0 Å². The van der Waals surface area contributed by atoms with Gasteiger partial charge in [-0.1, -0.05) is 18.9 Å². The highest BCUT2D eigenvalue weighted by atomic mass is 32.1. The zero-order valence-corrected chi connectivity index (χ0v) is 11.4. The highest BCUT2D eigenvalue weighted by molar-refractivity contribution is 7.09. The maximum Gasteiger partial charge on any atom is 0.220 e. The second-order valence-electron chi connectivity index (χ2n) is 5.00. The van der Waals surface area contributed by atoms with E-state index in [-0.39, 0.29) is 17.9 Å². The number of aliphatic hydroxyl groups is 1. The van der Waals surface area contributed by atoms with Crippen molar-refractivity contribution in [3.8, 4) is 0 Å². The fourth-order valence-corrected chi connectivity index (χ4v) is 3.16. The molecule has 0 aliphatic heterocycles. The molecule has 0 saturated heterocycles. The molecule has 1 aliphatic carbocycles. The summed E-state index contributed by atoms with van der Waals surface area (Å²) in [5.74, 6) is 0.352. The molecule has 0 aromatic carbocycles. The summed E-state index contributed by atoms with van der Waals surface area (Å²) in [5, 5.41) is 14.8. The molecule has 3 nitrogen and oxygen atoms in total. The number of amides is 1. The molecule has 2 N–H and O–H groups in total. The second kappa shape index (κ2) is 6.90. The van der Waals surface area contributed by atoms with Crippen molar-refractivity contribution < 1.29 is 9.90 Å². The smallest absolute Gasteiger partial charge is 0.220 e. The molecule has 1 amide bonds. The second-order valence-corrected chi connectivity index (χ2v) is 6.03. The fraction of sp³-hybridized carbons (Fsp3) is 0.643. The number of rotatable bonds is 5. The van der Waals surface area contributed by atoms with Crippen LogP contribution >= 0.6 is 11.3 Å². The Morgan fingerprint density at radius 1 is 1.44 bits per heavy atom. The van der Waals surface area contributed by atoms with Crippen LogP contribution in [0.1, 0.15) is 37.0 Å². The first-order chi connectivity index (χ1) is 8.75. The first-order valence-electron chi connectivity index (χ1n) is 6.73. The van der Waals surface area contributed by atoms with Gasteiger partial charge in [-0.15, -0.1) is 11.3 Å². The van der Waals surface area contributed by atoms with Gasteiger partial charge < -0.3 is 10.4 Å². The van der Waals surface area contributed by atoms with Crippen molar-refractivity contribution in [3.05, 3.63) is 22.4 Å². The van der Waals surface area contributed by atoms with Crippen LogP contribution in [0.2, 0.25) is 0 Å². The van der Waals surface area contributed by atoms with E-state index in [4.69, 9.17) is 0 Å². The minimum absolute atomic E-state index is 0.0983. The van der Waals surface area contributed by atoms with E-state index < -0.39 is 0 Å². The van der Waals surface area contributed by atoms with Crippen LogP contribution in [0.25, 0.3) is 0 Å². The number of aryl methyl sites for hydroxylation is 1. The van der Waals surface area contributed by atoms with Crippen LogP contribution in [0.3, 0.4) is 0 Å². The first kappa shape index (κ1) is 13.6. The number of hydrogen-bond acceptors (Lipinski definition) is 3. The Kier molecular flexibility index (Phi) is 5.20. The number of aliphatic hydroxyl groups excluding tert-OH is 1. The Balaban J connectivity index is 1.65. The number of carbonyl (C=O) groups is 1. The lowest BCUT2D eigenvalue weighted by atomic mass is 9.86. The van der Waals surface area contributed by atoms with Gasteiger partial charge in [0.2, 0.25) is 5.91 Å². The molecule has 1 fully saturated rings. The van der Waals surface area contributed by atoms with Gasteiger partial charge in [-0.3, -0.25) is 4.79 Å². The molecule has 18 heavy (non-hydrogen) atoms. The van der Waals surface area contributed by atoms with Gasteiger partial charge in [0.1, 0.15) is 0 Å². The first-order valence-corrected chi connectivity index (χ1v) is 7.61. The van der Waals surface area contributed by atoms with Crippen LogP contribution in [-0.4, -0.2) is 23.7 Å². The molecule has 1 aliphatic rings. The van der Waals surface area contributed by atoms with Gasteiger partial charge in [-0.05, 0) is 30.7 Å². The average molecular weight is 267 g/mol. The maximum atomic E-state index is 11.7. The van der Waals surface area contributed by atoms with E-state index in [1.807, 2.05) is 11.4 Å². The quantitative estimate of drug-likeness (QED) is 0.860.